The number of primary amides is 1. The van der Waals surface area contributed by atoms with Crippen LogP contribution in [0.4, 0.5) is 4.79 Å². The molecule has 1 aliphatic rings. The first-order valence-corrected chi connectivity index (χ1v) is 4.74. The molecule has 0 aromatic carbocycles. The molecule has 4 heteroatoms. The van der Waals surface area contributed by atoms with Crippen molar-refractivity contribution in [2.24, 2.45) is 17.4 Å². The molecular formula is C9H19N3O. The number of urea groups is 1. The molecule has 0 radical (unpaired) electrons. The number of hydrogen-bond donors (Lipinski definition) is 2. The average molecular weight is 185 g/mol. The van der Waals surface area contributed by atoms with Crippen LogP contribution in [0.15, 0.2) is 0 Å². The third-order valence-electron chi connectivity index (χ3n) is 2.86. The molecule has 0 aromatic heterocycles. The van der Waals surface area contributed by atoms with Crippen molar-refractivity contribution in [1.29, 1.82) is 0 Å². The van der Waals surface area contributed by atoms with Gasteiger partial charge in [0.1, 0.15) is 0 Å². The Hall–Kier alpha value is -0.770. The van der Waals surface area contributed by atoms with E-state index in [1.165, 1.54) is 0 Å². The molecule has 1 heterocycles. The zero-order chi connectivity index (χ0) is 10.1. The molecule has 0 unspecified atom stereocenters. The van der Waals surface area contributed by atoms with Crippen LogP contribution >= 0.6 is 0 Å². The number of hydrogen-bond acceptors (Lipinski definition) is 2. The molecule has 0 aromatic rings. The Labute approximate surface area is 79.3 Å². The van der Waals surface area contributed by atoms with E-state index in [9.17, 15) is 4.79 Å². The quantitative estimate of drug-likeness (QED) is 0.625. The minimum absolute atomic E-state index is 0.135. The standard InChI is InChI=1S/C9H19N3O/c1-9(2,11)7-3-5-12(6-4-7)8(10)13/h7H,3-6,11H2,1-2H3,(H2,10,13). The third kappa shape index (κ3) is 2.59. The van der Waals surface area contributed by atoms with E-state index in [1.807, 2.05) is 13.8 Å². The summed E-state index contributed by atoms with van der Waals surface area (Å²) in [5.74, 6) is 0.503. The van der Waals surface area contributed by atoms with Crippen LogP contribution in [0.1, 0.15) is 26.7 Å². The Morgan fingerprint density at radius 2 is 1.85 bits per heavy atom. The van der Waals surface area contributed by atoms with Gasteiger partial charge in [-0.25, -0.2) is 4.79 Å². The highest BCUT2D eigenvalue weighted by Gasteiger charge is 2.29. The molecule has 1 aliphatic heterocycles. The van der Waals surface area contributed by atoms with Crippen molar-refractivity contribution in [3.8, 4) is 0 Å². The van der Waals surface area contributed by atoms with Gasteiger partial charge in [0, 0.05) is 18.6 Å². The van der Waals surface area contributed by atoms with E-state index < -0.39 is 0 Å². The Morgan fingerprint density at radius 3 is 2.15 bits per heavy atom. The highest BCUT2D eigenvalue weighted by molar-refractivity contribution is 5.72. The predicted molar refractivity (Wildman–Crippen MR) is 52.1 cm³/mol. The van der Waals surface area contributed by atoms with Gasteiger partial charge in [-0.1, -0.05) is 0 Å². The maximum atomic E-state index is 10.8. The minimum Gasteiger partial charge on any atom is -0.351 e. The number of carbonyl (C=O) groups excluding carboxylic acids is 1. The van der Waals surface area contributed by atoms with Crippen LogP contribution in [0.2, 0.25) is 0 Å². The van der Waals surface area contributed by atoms with Crippen molar-refractivity contribution >= 4 is 6.03 Å². The molecule has 0 spiro atoms. The van der Waals surface area contributed by atoms with Crippen LogP contribution in [0.25, 0.3) is 0 Å². The molecular weight excluding hydrogens is 166 g/mol. The summed E-state index contributed by atoms with van der Waals surface area (Å²) in [4.78, 5) is 12.5. The van der Waals surface area contributed by atoms with Gasteiger partial charge in [-0.05, 0) is 32.6 Å². The summed E-state index contributed by atoms with van der Waals surface area (Å²) in [6, 6.07) is -0.312. The smallest absolute Gasteiger partial charge is 0.314 e. The second kappa shape index (κ2) is 3.54. The van der Waals surface area contributed by atoms with E-state index in [4.69, 9.17) is 11.5 Å². The number of amides is 2. The maximum absolute atomic E-state index is 10.8. The van der Waals surface area contributed by atoms with Gasteiger partial charge in [0.2, 0.25) is 0 Å². The second-order valence-electron chi connectivity index (χ2n) is 4.42. The monoisotopic (exact) mass is 185 g/mol. The lowest BCUT2D eigenvalue weighted by Crippen LogP contribution is -2.49. The number of nitrogens with two attached hydrogens (primary N) is 2. The summed E-state index contributed by atoms with van der Waals surface area (Å²) in [6.07, 6.45) is 1.93. The van der Waals surface area contributed by atoms with Crippen molar-refractivity contribution in [1.82, 2.24) is 4.90 Å². The lowest BCUT2D eigenvalue weighted by atomic mass is 9.81. The Bertz CT molecular complexity index is 190. The highest BCUT2D eigenvalue weighted by Crippen LogP contribution is 2.25. The average Bonchev–Trinajstić information content (AvgIpc) is 2.03. The topological polar surface area (TPSA) is 72.3 Å². The molecule has 0 saturated carbocycles. The highest BCUT2D eigenvalue weighted by atomic mass is 16.2. The van der Waals surface area contributed by atoms with Crippen LogP contribution < -0.4 is 11.5 Å². The number of piperidine rings is 1. The van der Waals surface area contributed by atoms with Crippen molar-refractivity contribution in [2.45, 2.75) is 32.2 Å². The van der Waals surface area contributed by atoms with E-state index >= 15 is 0 Å². The number of nitrogens with zero attached hydrogens (tertiary/aromatic N) is 1. The fourth-order valence-corrected chi connectivity index (χ4v) is 1.84. The summed E-state index contributed by atoms with van der Waals surface area (Å²) in [5, 5.41) is 0. The Kier molecular flexibility index (Phi) is 2.81. The maximum Gasteiger partial charge on any atom is 0.314 e. The lowest BCUT2D eigenvalue weighted by Gasteiger charge is -2.37. The van der Waals surface area contributed by atoms with Gasteiger partial charge in [-0.3, -0.25) is 0 Å². The summed E-state index contributed by atoms with van der Waals surface area (Å²) in [5.41, 5.74) is 11.0. The number of rotatable bonds is 1. The molecule has 1 saturated heterocycles. The SMILES string of the molecule is CC(C)(N)C1CCN(C(N)=O)CC1. The summed E-state index contributed by atoms with van der Waals surface area (Å²) < 4.78 is 0. The van der Waals surface area contributed by atoms with Gasteiger partial charge < -0.3 is 16.4 Å². The van der Waals surface area contributed by atoms with Gasteiger partial charge >= 0.3 is 6.03 Å². The van der Waals surface area contributed by atoms with Gasteiger partial charge in [0.15, 0.2) is 0 Å². The Balaban J connectivity index is 2.44. The predicted octanol–water partition coefficient (Wildman–Crippen LogP) is 0.514. The van der Waals surface area contributed by atoms with E-state index in [-0.39, 0.29) is 11.6 Å². The molecule has 13 heavy (non-hydrogen) atoms. The van der Waals surface area contributed by atoms with E-state index in [1.54, 1.807) is 4.90 Å². The van der Waals surface area contributed by atoms with Crippen molar-refractivity contribution in [3.63, 3.8) is 0 Å². The lowest BCUT2D eigenvalue weighted by molar-refractivity contribution is 0.153. The first kappa shape index (κ1) is 10.3. The van der Waals surface area contributed by atoms with Gasteiger partial charge in [0.05, 0.1) is 0 Å². The Morgan fingerprint density at radius 1 is 1.38 bits per heavy atom. The largest absolute Gasteiger partial charge is 0.351 e. The van der Waals surface area contributed by atoms with Gasteiger partial charge in [0.25, 0.3) is 0 Å². The minimum atomic E-state index is -0.312. The van der Waals surface area contributed by atoms with Crippen LogP contribution in [0.5, 0.6) is 0 Å². The van der Waals surface area contributed by atoms with Gasteiger partial charge in [-0.15, -0.1) is 0 Å². The zero-order valence-electron chi connectivity index (χ0n) is 8.42. The molecule has 76 valence electrons. The van der Waals surface area contributed by atoms with E-state index in [2.05, 4.69) is 0 Å². The first-order chi connectivity index (χ1) is 5.91. The summed E-state index contributed by atoms with van der Waals surface area (Å²) in [6.45, 7) is 5.58. The van der Waals surface area contributed by atoms with Crippen LogP contribution in [0, 0.1) is 5.92 Å². The number of likely N-dealkylation sites (tertiary alicyclic amines) is 1. The van der Waals surface area contributed by atoms with Crippen molar-refractivity contribution < 1.29 is 4.79 Å². The van der Waals surface area contributed by atoms with Crippen molar-refractivity contribution in [2.75, 3.05) is 13.1 Å². The number of carbonyl (C=O) groups is 1. The van der Waals surface area contributed by atoms with Crippen LogP contribution in [0.3, 0.4) is 0 Å². The summed E-state index contributed by atoms with van der Waals surface area (Å²) in [7, 11) is 0. The fourth-order valence-electron chi connectivity index (χ4n) is 1.84. The molecule has 1 fully saturated rings. The zero-order valence-corrected chi connectivity index (χ0v) is 8.42. The molecule has 1 rings (SSSR count). The molecule has 0 bridgehead atoms. The molecule has 2 amide bonds. The molecule has 0 aliphatic carbocycles. The van der Waals surface area contributed by atoms with E-state index in [0.29, 0.717) is 5.92 Å². The van der Waals surface area contributed by atoms with Crippen LogP contribution in [-0.2, 0) is 0 Å². The van der Waals surface area contributed by atoms with Crippen LogP contribution in [-0.4, -0.2) is 29.6 Å². The fraction of sp³-hybridized carbons (Fsp3) is 0.889. The van der Waals surface area contributed by atoms with Crippen molar-refractivity contribution in [3.05, 3.63) is 0 Å². The van der Waals surface area contributed by atoms with E-state index in [0.717, 1.165) is 25.9 Å². The molecule has 4 nitrogen and oxygen atoms in total. The normalized spacial score (nSPS) is 20.4. The summed E-state index contributed by atoms with van der Waals surface area (Å²) >= 11 is 0. The van der Waals surface area contributed by atoms with Gasteiger partial charge in [-0.2, -0.15) is 0 Å². The third-order valence-corrected chi connectivity index (χ3v) is 2.86. The molecule has 4 N–H and O–H groups in total. The second-order valence-corrected chi connectivity index (χ2v) is 4.42. The molecule has 0 atom stereocenters. The first-order valence-electron chi connectivity index (χ1n) is 4.74.